The molecular formula is C12H8ClFO4S. The number of aromatic carboxylic acids is 1. The number of halogens is 2. The second-order valence-electron chi connectivity index (χ2n) is 3.67. The minimum Gasteiger partial charge on any atom is -0.478 e. The Labute approximate surface area is 115 Å². The van der Waals surface area contributed by atoms with Crippen LogP contribution in [0.5, 0.6) is 0 Å². The summed E-state index contributed by atoms with van der Waals surface area (Å²) in [5.41, 5.74) is -0.0101. The lowest BCUT2D eigenvalue weighted by Gasteiger charge is -2.01. The van der Waals surface area contributed by atoms with Crippen molar-refractivity contribution in [2.24, 2.45) is 0 Å². The van der Waals surface area contributed by atoms with Crippen molar-refractivity contribution in [3.05, 3.63) is 52.7 Å². The summed E-state index contributed by atoms with van der Waals surface area (Å²) in [5, 5.41) is 8.61. The van der Waals surface area contributed by atoms with Gasteiger partial charge in [0.25, 0.3) is 0 Å². The Hall–Kier alpha value is -1.66. The van der Waals surface area contributed by atoms with Crippen molar-refractivity contribution >= 4 is 28.4 Å². The molecule has 0 amide bonds. The summed E-state index contributed by atoms with van der Waals surface area (Å²) in [6.45, 7) is 0. The molecule has 4 nitrogen and oxygen atoms in total. The molecule has 2 aromatic rings. The Bertz CT molecular complexity index is 653. The molecule has 0 fully saturated rings. The number of hydrogen-bond donors (Lipinski definition) is 1. The molecule has 1 unspecified atom stereocenters. The molecule has 100 valence electrons. The van der Waals surface area contributed by atoms with Gasteiger partial charge in [0.05, 0.1) is 27.1 Å². The van der Waals surface area contributed by atoms with Gasteiger partial charge in [0.15, 0.2) is 0 Å². The van der Waals surface area contributed by atoms with Crippen LogP contribution < -0.4 is 0 Å². The van der Waals surface area contributed by atoms with Crippen molar-refractivity contribution in [2.45, 2.75) is 10.6 Å². The average molecular weight is 303 g/mol. The largest absolute Gasteiger partial charge is 0.478 e. The predicted octanol–water partition coefficient (Wildman–Crippen LogP) is 3.08. The fraction of sp³-hybridized carbons (Fsp3) is 0.0833. The SMILES string of the molecule is O=C(O)c1coc(CS(=O)c2ccc(F)c(Cl)c2)c1. The Morgan fingerprint density at radius 1 is 1.42 bits per heavy atom. The molecule has 0 aliphatic rings. The molecule has 1 aromatic heterocycles. The number of carboxylic acid groups (broad SMARTS) is 1. The minimum absolute atomic E-state index is 0.00472. The Morgan fingerprint density at radius 2 is 2.16 bits per heavy atom. The molecular weight excluding hydrogens is 295 g/mol. The van der Waals surface area contributed by atoms with E-state index in [-0.39, 0.29) is 22.1 Å². The zero-order valence-corrected chi connectivity index (χ0v) is 11.0. The summed E-state index contributed by atoms with van der Waals surface area (Å²) in [7, 11) is -1.49. The van der Waals surface area contributed by atoms with Gasteiger partial charge in [0, 0.05) is 4.90 Å². The van der Waals surface area contributed by atoms with Gasteiger partial charge in [-0.25, -0.2) is 9.18 Å². The smallest absolute Gasteiger partial charge is 0.338 e. The average Bonchev–Trinajstić information content (AvgIpc) is 2.81. The van der Waals surface area contributed by atoms with Crippen molar-refractivity contribution < 1.29 is 22.9 Å². The first-order chi connectivity index (χ1) is 8.97. The van der Waals surface area contributed by atoms with E-state index >= 15 is 0 Å². The predicted molar refractivity (Wildman–Crippen MR) is 67.2 cm³/mol. The monoisotopic (exact) mass is 302 g/mol. The summed E-state index contributed by atoms with van der Waals surface area (Å²) < 4.78 is 29.9. The third-order valence-electron chi connectivity index (χ3n) is 2.33. The van der Waals surface area contributed by atoms with Gasteiger partial charge < -0.3 is 9.52 Å². The second-order valence-corrected chi connectivity index (χ2v) is 5.53. The van der Waals surface area contributed by atoms with Gasteiger partial charge in [-0.1, -0.05) is 11.6 Å². The first-order valence-electron chi connectivity index (χ1n) is 5.11. The van der Waals surface area contributed by atoms with E-state index in [1.54, 1.807) is 0 Å². The van der Waals surface area contributed by atoms with Crippen molar-refractivity contribution in [1.29, 1.82) is 0 Å². The zero-order chi connectivity index (χ0) is 14.0. The minimum atomic E-state index is -1.49. The van der Waals surface area contributed by atoms with Gasteiger partial charge in [0.2, 0.25) is 0 Å². The van der Waals surface area contributed by atoms with Gasteiger partial charge in [-0.15, -0.1) is 0 Å². The standard InChI is InChI=1S/C12H8ClFO4S/c13-10-4-9(1-2-11(10)14)19(17)6-8-3-7(5-18-8)12(15)16/h1-5H,6H2,(H,15,16). The van der Waals surface area contributed by atoms with Crippen LogP contribution in [-0.4, -0.2) is 15.3 Å². The second kappa shape index (κ2) is 5.54. The number of carbonyl (C=O) groups is 1. The van der Waals surface area contributed by atoms with Crippen LogP contribution in [0.4, 0.5) is 4.39 Å². The molecule has 0 bridgehead atoms. The first kappa shape index (κ1) is 13.8. The summed E-state index contributed by atoms with van der Waals surface area (Å²) in [6.07, 6.45) is 1.08. The molecule has 0 spiro atoms. The number of furan rings is 1. The van der Waals surface area contributed by atoms with Crippen LogP contribution in [0.15, 0.2) is 39.8 Å². The highest BCUT2D eigenvalue weighted by atomic mass is 35.5. The van der Waals surface area contributed by atoms with E-state index in [1.165, 1.54) is 18.2 Å². The summed E-state index contributed by atoms with van der Waals surface area (Å²) in [5.74, 6) is -1.44. The van der Waals surface area contributed by atoms with E-state index in [0.717, 1.165) is 12.3 Å². The van der Waals surface area contributed by atoms with Crippen LogP contribution in [0.3, 0.4) is 0 Å². The molecule has 0 aliphatic carbocycles. The molecule has 1 aromatic carbocycles. The first-order valence-corrected chi connectivity index (χ1v) is 6.81. The number of benzene rings is 1. The quantitative estimate of drug-likeness (QED) is 0.942. The summed E-state index contributed by atoms with van der Waals surface area (Å²) in [6, 6.07) is 5.05. The molecule has 7 heteroatoms. The molecule has 1 heterocycles. The third kappa shape index (κ3) is 3.21. The fourth-order valence-electron chi connectivity index (χ4n) is 1.40. The van der Waals surface area contributed by atoms with E-state index in [9.17, 15) is 13.4 Å². The van der Waals surface area contributed by atoms with Crippen molar-refractivity contribution in [3.63, 3.8) is 0 Å². The van der Waals surface area contributed by atoms with E-state index in [4.69, 9.17) is 21.1 Å². The maximum atomic E-state index is 13.0. The molecule has 0 aliphatic heterocycles. The molecule has 0 saturated carbocycles. The van der Waals surface area contributed by atoms with Crippen LogP contribution in [0.25, 0.3) is 0 Å². The Balaban J connectivity index is 2.15. The molecule has 1 atom stereocenters. The summed E-state index contributed by atoms with van der Waals surface area (Å²) in [4.78, 5) is 11.0. The van der Waals surface area contributed by atoms with E-state index in [1.807, 2.05) is 0 Å². The Morgan fingerprint density at radius 3 is 2.74 bits per heavy atom. The van der Waals surface area contributed by atoms with Crippen LogP contribution >= 0.6 is 11.6 Å². The Kier molecular flexibility index (Phi) is 4.01. The van der Waals surface area contributed by atoms with Crippen LogP contribution in [0.2, 0.25) is 5.02 Å². The van der Waals surface area contributed by atoms with Crippen LogP contribution in [0, 0.1) is 5.82 Å². The number of carboxylic acids is 1. The lowest BCUT2D eigenvalue weighted by Crippen LogP contribution is -1.96. The van der Waals surface area contributed by atoms with Gasteiger partial charge in [0.1, 0.15) is 17.8 Å². The molecule has 0 saturated heterocycles. The molecule has 2 rings (SSSR count). The fourth-order valence-corrected chi connectivity index (χ4v) is 2.69. The maximum absolute atomic E-state index is 13.0. The normalized spacial score (nSPS) is 12.3. The van der Waals surface area contributed by atoms with Gasteiger partial charge >= 0.3 is 5.97 Å². The van der Waals surface area contributed by atoms with Crippen LogP contribution in [-0.2, 0) is 16.6 Å². The van der Waals surface area contributed by atoms with Gasteiger partial charge in [-0.2, -0.15) is 0 Å². The van der Waals surface area contributed by atoms with Crippen molar-refractivity contribution in [3.8, 4) is 0 Å². The zero-order valence-electron chi connectivity index (χ0n) is 9.43. The van der Waals surface area contributed by atoms with E-state index in [0.29, 0.717) is 4.90 Å². The van der Waals surface area contributed by atoms with Crippen LogP contribution in [0.1, 0.15) is 16.1 Å². The van der Waals surface area contributed by atoms with Gasteiger partial charge in [-0.3, -0.25) is 4.21 Å². The molecule has 0 radical (unpaired) electrons. The van der Waals surface area contributed by atoms with E-state index < -0.39 is 22.6 Å². The van der Waals surface area contributed by atoms with Crippen molar-refractivity contribution in [1.82, 2.24) is 0 Å². The molecule has 1 N–H and O–H groups in total. The maximum Gasteiger partial charge on any atom is 0.338 e. The van der Waals surface area contributed by atoms with Gasteiger partial charge in [-0.05, 0) is 24.3 Å². The number of rotatable bonds is 4. The lowest BCUT2D eigenvalue weighted by atomic mass is 10.3. The third-order valence-corrected chi connectivity index (χ3v) is 3.94. The lowest BCUT2D eigenvalue weighted by molar-refractivity contribution is 0.0696. The highest BCUT2D eigenvalue weighted by Gasteiger charge is 2.13. The highest BCUT2D eigenvalue weighted by molar-refractivity contribution is 7.84. The molecule has 19 heavy (non-hydrogen) atoms. The highest BCUT2D eigenvalue weighted by Crippen LogP contribution is 2.20. The van der Waals surface area contributed by atoms with E-state index in [2.05, 4.69) is 0 Å². The number of hydrogen-bond acceptors (Lipinski definition) is 3. The summed E-state index contributed by atoms with van der Waals surface area (Å²) >= 11 is 5.60. The van der Waals surface area contributed by atoms with Crippen molar-refractivity contribution in [2.75, 3.05) is 0 Å². The topological polar surface area (TPSA) is 67.5 Å².